The Hall–Kier alpha value is -1.86. The van der Waals surface area contributed by atoms with Gasteiger partial charge in [-0.05, 0) is 31.0 Å². The molecule has 0 saturated carbocycles. The van der Waals surface area contributed by atoms with Gasteiger partial charge < -0.3 is 5.32 Å². The van der Waals surface area contributed by atoms with Crippen molar-refractivity contribution in [1.29, 1.82) is 0 Å². The van der Waals surface area contributed by atoms with E-state index in [1.165, 1.54) is 12.1 Å². The molecule has 1 amide bonds. The van der Waals surface area contributed by atoms with E-state index in [1.807, 2.05) is 6.92 Å². The Bertz CT molecular complexity index is 422. The van der Waals surface area contributed by atoms with Crippen LogP contribution in [0.4, 0.5) is 4.39 Å². The molecule has 0 saturated heterocycles. The van der Waals surface area contributed by atoms with Gasteiger partial charge in [0, 0.05) is 6.04 Å². The summed E-state index contributed by atoms with van der Waals surface area (Å²) in [7, 11) is 0. The lowest BCUT2D eigenvalue weighted by Gasteiger charge is -2.14. The van der Waals surface area contributed by atoms with E-state index in [1.54, 1.807) is 12.1 Å². The van der Waals surface area contributed by atoms with Gasteiger partial charge in [-0.1, -0.05) is 18.1 Å². The molecule has 96 valence electrons. The number of nitrogens with one attached hydrogen (secondary N) is 2. The standard InChI is InChI=1S/C14H17FN2O/c1-3-8-16-10-14(18)17-11(2)9-12-4-6-13(15)7-5-12/h1,4-7,11,16H,8-10H2,2H3,(H,17,18). The van der Waals surface area contributed by atoms with Crippen molar-refractivity contribution in [3.63, 3.8) is 0 Å². The lowest BCUT2D eigenvalue weighted by atomic mass is 10.1. The molecule has 0 spiro atoms. The monoisotopic (exact) mass is 248 g/mol. The second-order valence-corrected chi connectivity index (χ2v) is 4.11. The third kappa shape index (κ3) is 5.46. The highest BCUT2D eigenvalue weighted by atomic mass is 19.1. The molecule has 4 heteroatoms. The Labute approximate surface area is 107 Å². The summed E-state index contributed by atoms with van der Waals surface area (Å²) < 4.78 is 12.7. The number of terminal acetylenes is 1. The van der Waals surface area contributed by atoms with E-state index >= 15 is 0 Å². The van der Waals surface area contributed by atoms with E-state index in [9.17, 15) is 9.18 Å². The topological polar surface area (TPSA) is 41.1 Å². The zero-order valence-corrected chi connectivity index (χ0v) is 10.4. The molecule has 1 unspecified atom stereocenters. The van der Waals surface area contributed by atoms with Crippen molar-refractivity contribution in [1.82, 2.24) is 10.6 Å². The van der Waals surface area contributed by atoms with Gasteiger partial charge in [-0.15, -0.1) is 6.42 Å². The van der Waals surface area contributed by atoms with Crippen LogP contribution in [0.15, 0.2) is 24.3 Å². The summed E-state index contributed by atoms with van der Waals surface area (Å²) in [5.74, 6) is 2.04. The van der Waals surface area contributed by atoms with Crippen molar-refractivity contribution in [2.45, 2.75) is 19.4 Å². The predicted octanol–water partition coefficient (Wildman–Crippen LogP) is 1.10. The first-order valence-corrected chi connectivity index (χ1v) is 5.80. The maximum atomic E-state index is 12.7. The van der Waals surface area contributed by atoms with Gasteiger partial charge >= 0.3 is 0 Å². The Kier molecular flexibility index (Phi) is 5.89. The van der Waals surface area contributed by atoms with E-state index in [-0.39, 0.29) is 24.3 Å². The largest absolute Gasteiger partial charge is 0.352 e. The van der Waals surface area contributed by atoms with E-state index < -0.39 is 0 Å². The molecule has 0 aliphatic carbocycles. The van der Waals surface area contributed by atoms with Crippen LogP contribution in [0.3, 0.4) is 0 Å². The molecule has 3 nitrogen and oxygen atoms in total. The van der Waals surface area contributed by atoms with Crippen LogP contribution in [0.5, 0.6) is 0 Å². The molecule has 0 radical (unpaired) electrons. The van der Waals surface area contributed by atoms with Crippen LogP contribution in [0.2, 0.25) is 0 Å². The molecule has 0 aliphatic heterocycles. The first kappa shape index (κ1) is 14.2. The average molecular weight is 248 g/mol. The third-order valence-electron chi connectivity index (χ3n) is 2.38. The second-order valence-electron chi connectivity index (χ2n) is 4.11. The summed E-state index contributed by atoms with van der Waals surface area (Å²) in [5, 5.41) is 5.65. The molecule has 1 aromatic carbocycles. The van der Waals surface area contributed by atoms with Crippen LogP contribution >= 0.6 is 0 Å². The number of hydrogen-bond acceptors (Lipinski definition) is 2. The maximum absolute atomic E-state index is 12.7. The minimum atomic E-state index is -0.256. The Balaban J connectivity index is 2.33. The van der Waals surface area contributed by atoms with Crippen LogP contribution in [0, 0.1) is 18.2 Å². The number of benzene rings is 1. The summed E-state index contributed by atoms with van der Waals surface area (Å²) in [5.41, 5.74) is 0.987. The quantitative estimate of drug-likeness (QED) is 0.584. The molecule has 0 fully saturated rings. The van der Waals surface area contributed by atoms with E-state index in [2.05, 4.69) is 16.6 Å². The van der Waals surface area contributed by atoms with E-state index in [4.69, 9.17) is 6.42 Å². The molecule has 0 aromatic heterocycles. The Morgan fingerprint density at radius 2 is 2.11 bits per heavy atom. The van der Waals surface area contributed by atoms with Crippen molar-refractivity contribution >= 4 is 5.91 Å². The van der Waals surface area contributed by atoms with Crippen molar-refractivity contribution < 1.29 is 9.18 Å². The van der Waals surface area contributed by atoms with E-state index in [0.717, 1.165) is 5.56 Å². The van der Waals surface area contributed by atoms with Crippen LogP contribution in [0.25, 0.3) is 0 Å². The Morgan fingerprint density at radius 3 is 2.72 bits per heavy atom. The highest BCUT2D eigenvalue weighted by Gasteiger charge is 2.07. The fourth-order valence-electron chi connectivity index (χ4n) is 1.60. The van der Waals surface area contributed by atoms with Crippen molar-refractivity contribution in [3.05, 3.63) is 35.6 Å². The van der Waals surface area contributed by atoms with Gasteiger partial charge in [-0.25, -0.2) is 4.39 Å². The smallest absolute Gasteiger partial charge is 0.234 e. The molecule has 0 heterocycles. The molecule has 0 aliphatic rings. The minimum Gasteiger partial charge on any atom is -0.352 e. The number of hydrogen-bond donors (Lipinski definition) is 2. The predicted molar refractivity (Wildman–Crippen MR) is 69.4 cm³/mol. The van der Waals surface area contributed by atoms with Gasteiger partial charge in [-0.3, -0.25) is 10.1 Å². The van der Waals surface area contributed by atoms with Crippen LogP contribution < -0.4 is 10.6 Å². The highest BCUT2D eigenvalue weighted by Crippen LogP contribution is 2.05. The summed E-state index contributed by atoms with van der Waals surface area (Å²) in [6.45, 7) is 2.49. The molecule has 0 bridgehead atoms. The molecular weight excluding hydrogens is 231 g/mol. The fraction of sp³-hybridized carbons (Fsp3) is 0.357. The van der Waals surface area contributed by atoms with Crippen molar-refractivity contribution in [3.8, 4) is 12.3 Å². The van der Waals surface area contributed by atoms with E-state index in [0.29, 0.717) is 13.0 Å². The molecule has 1 atom stereocenters. The van der Waals surface area contributed by atoms with Gasteiger partial charge in [0.2, 0.25) is 5.91 Å². The molecule has 1 rings (SSSR count). The number of rotatable bonds is 6. The molecular formula is C14H17FN2O. The lowest BCUT2D eigenvalue weighted by Crippen LogP contribution is -2.40. The summed E-state index contributed by atoms with van der Waals surface area (Å²) >= 11 is 0. The van der Waals surface area contributed by atoms with Gasteiger partial charge in [0.25, 0.3) is 0 Å². The minimum absolute atomic E-state index is 0.00408. The lowest BCUT2D eigenvalue weighted by molar-refractivity contribution is -0.120. The fourth-order valence-corrected chi connectivity index (χ4v) is 1.60. The van der Waals surface area contributed by atoms with Crippen LogP contribution in [-0.4, -0.2) is 25.0 Å². The van der Waals surface area contributed by atoms with Gasteiger partial charge in [-0.2, -0.15) is 0 Å². The Morgan fingerprint density at radius 1 is 1.44 bits per heavy atom. The molecule has 18 heavy (non-hydrogen) atoms. The van der Waals surface area contributed by atoms with Crippen molar-refractivity contribution in [2.75, 3.05) is 13.1 Å². The summed E-state index contributed by atoms with van der Waals surface area (Å²) in [4.78, 5) is 11.5. The SMILES string of the molecule is C#CCNCC(=O)NC(C)Cc1ccc(F)cc1. The second kappa shape index (κ2) is 7.46. The molecule has 2 N–H and O–H groups in total. The zero-order valence-electron chi connectivity index (χ0n) is 10.4. The number of amides is 1. The zero-order chi connectivity index (χ0) is 13.4. The van der Waals surface area contributed by atoms with Gasteiger partial charge in [0.05, 0.1) is 13.1 Å². The van der Waals surface area contributed by atoms with Crippen LogP contribution in [0.1, 0.15) is 12.5 Å². The first-order chi connectivity index (χ1) is 8.61. The number of carbonyl (C=O) groups is 1. The van der Waals surface area contributed by atoms with Gasteiger partial charge in [0.1, 0.15) is 5.82 Å². The van der Waals surface area contributed by atoms with Crippen LogP contribution in [-0.2, 0) is 11.2 Å². The average Bonchev–Trinajstić information content (AvgIpc) is 2.32. The first-order valence-electron chi connectivity index (χ1n) is 5.80. The summed E-state index contributed by atoms with van der Waals surface area (Å²) in [6.07, 6.45) is 5.72. The number of carbonyl (C=O) groups excluding carboxylic acids is 1. The van der Waals surface area contributed by atoms with Crippen molar-refractivity contribution in [2.24, 2.45) is 0 Å². The number of halogens is 1. The highest BCUT2D eigenvalue weighted by molar-refractivity contribution is 5.78. The maximum Gasteiger partial charge on any atom is 0.234 e. The van der Waals surface area contributed by atoms with Gasteiger partial charge in [0.15, 0.2) is 0 Å². The molecule has 1 aromatic rings. The summed E-state index contributed by atoms with van der Waals surface area (Å²) in [6, 6.07) is 6.26. The normalized spacial score (nSPS) is 11.6. The third-order valence-corrected chi connectivity index (χ3v) is 2.38.